The highest BCUT2D eigenvalue weighted by Crippen LogP contribution is 2.27. The van der Waals surface area contributed by atoms with E-state index >= 15 is 0 Å². The van der Waals surface area contributed by atoms with Gasteiger partial charge in [-0.3, -0.25) is 19.7 Å². The number of allylic oxidation sites excluding steroid dienone is 1. The minimum Gasteiger partial charge on any atom is -0.452 e. The van der Waals surface area contributed by atoms with Crippen LogP contribution < -0.4 is 10.6 Å². The standard InChI is InChI=1S/C19H13ClF3N3O6/c20-11-5-6-14(15(9-11)26(30)31)25-17(28)10-32-18(29)12-3-1-2-4-13(12)24-8-7-16(27)19(21,22)23/h1-9,24H,10H2,(H,25,28)/b8-7+. The average molecular weight is 472 g/mol. The van der Waals surface area contributed by atoms with Gasteiger partial charge in [-0.05, 0) is 24.3 Å². The molecule has 1 amide bonds. The molecule has 168 valence electrons. The molecule has 9 nitrogen and oxygen atoms in total. The molecule has 0 heterocycles. The molecular formula is C19H13ClF3N3O6. The third-order valence-electron chi connectivity index (χ3n) is 3.66. The Bertz CT molecular complexity index is 1090. The molecule has 32 heavy (non-hydrogen) atoms. The molecule has 0 saturated carbocycles. The summed E-state index contributed by atoms with van der Waals surface area (Å²) in [7, 11) is 0. The lowest BCUT2D eigenvalue weighted by Crippen LogP contribution is -2.22. The second-order valence-electron chi connectivity index (χ2n) is 5.93. The summed E-state index contributed by atoms with van der Waals surface area (Å²) in [6, 6.07) is 9.04. The fourth-order valence-corrected chi connectivity index (χ4v) is 2.41. The SMILES string of the molecule is O=C(COC(=O)c1ccccc1N/C=C/C(=O)C(F)(F)F)Nc1ccc(Cl)cc1[N+](=O)[O-]. The molecule has 13 heteroatoms. The Labute approximate surface area is 183 Å². The van der Waals surface area contributed by atoms with Gasteiger partial charge in [0.1, 0.15) is 5.69 Å². The topological polar surface area (TPSA) is 128 Å². The number of esters is 1. The number of para-hydroxylation sites is 1. The van der Waals surface area contributed by atoms with Crippen LogP contribution in [0.2, 0.25) is 5.02 Å². The minimum absolute atomic E-state index is 0.0115. The van der Waals surface area contributed by atoms with Crippen molar-refractivity contribution in [3.8, 4) is 0 Å². The zero-order valence-electron chi connectivity index (χ0n) is 15.8. The molecule has 0 aliphatic carbocycles. The molecular weight excluding hydrogens is 459 g/mol. The highest BCUT2D eigenvalue weighted by atomic mass is 35.5. The Morgan fingerprint density at radius 2 is 1.81 bits per heavy atom. The number of nitro benzene ring substituents is 1. The first-order valence-electron chi connectivity index (χ1n) is 8.53. The van der Waals surface area contributed by atoms with Gasteiger partial charge in [-0.25, -0.2) is 4.79 Å². The summed E-state index contributed by atoms with van der Waals surface area (Å²) in [5.74, 6) is -3.99. The fourth-order valence-electron chi connectivity index (χ4n) is 2.25. The highest BCUT2D eigenvalue weighted by Gasteiger charge is 2.36. The van der Waals surface area contributed by atoms with E-state index in [2.05, 4.69) is 10.6 Å². The van der Waals surface area contributed by atoms with Gasteiger partial charge in [-0.1, -0.05) is 23.7 Å². The lowest BCUT2D eigenvalue weighted by molar-refractivity contribution is -0.383. The molecule has 2 N–H and O–H groups in total. The maximum absolute atomic E-state index is 12.3. The third kappa shape index (κ3) is 6.80. The Balaban J connectivity index is 2.02. The summed E-state index contributed by atoms with van der Waals surface area (Å²) in [5, 5.41) is 15.7. The van der Waals surface area contributed by atoms with Gasteiger partial charge in [-0.15, -0.1) is 0 Å². The highest BCUT2D eigenvalue weighted by molar-refractivity contribution is 6.31. The number of ether oxygens (including phenoxy) is 1. The van der Waals surface area contributed by atoms with Crippen LogP contribution in [0.5, 0.6) is 0 Å². The van der Waals surface area contributed by atoms with Crippen molar-refractivity contribution < 1.29 is 37.2 Å². The Hall–Kier alpha value is -3.93. The van der Waals surface area contributed by atoms with E-state index < -0.39 is 41.1 Å². The molecule has 0 aliphatic heterocycles. The first-order valence-corrected chi connectivity index (χ1v) is 8.91. The van der Waals surface area contributed by atoms with Gasteiger partial charge in [0.25, 0.3) is 17.4 Å². The van der Waals surface area contributed by atoms with Crippen LogP contribution in [0.15, 0.2) is 54.7 Å². The molecule has 0 bridgehead atoms. The lowest BCUT2D eigenvalue weighted by atomic mass is 10.2. The van der Waals surface area contributed by atoms with E-state index in [4.69, 9.17) is 16.3 Å². The summed E-state index contributed by atoms with van der Waals surface area (Å²) < 4.78 is 41.5. The molecule has 2 aromatic rings. The predicted octanol–water partition coefficient (Wildman–Crippen LogP) is 4.10. The number of amides is 1. The number of carbonyl (C=O) groups excluding carboxylic acids is 3. The van der Waals surface area contributed by atoms with Crippen LogP contribution in [0.1, 0.15) is 10.4 Å². The fraction of sp³-hybridized carbons (Fsp3) is 0.105. The average Bonchev–Trinajstić information content (AvgIpc) is 2.72. The summed E-state index contributed by atoms with van der Waals surface area (Å²) in [6.07, 6.45) is -4.09. The van der Waals surface area contributed by atoms with E-state index in [-0.39, 0.29) is 28.0 Å². The molecule has 0 atom stereocenters. The van der Waals surface area contributed by atoms with Crippen molar-refractivity contribution >= 4 is 46.3 Å². The monoisotopic (exact) mass is 471 g/mol. The number of nitrogens with zero attached hydrogens (tertiary/aromatic N) is 1. The number of nitro groups is 1. The van der Waals surface area contributed by atoms with Crippen LogP contribution in [-0.4, -0.2) is 35.4 Å². The molecule has 0 spiro atoms. The van der Waals surface area contributed by atoms with Crippen LogP contribution in [0.4, 0.5) is 30.2 Å². The maximum Gasteiger partial charge on any atom is 0.454 e. The lowest BCUT2D eigenvalue weighted by Gasteiger charge is -2.10. The molecule has 2 rings (SSSR count). The number of hydrogen-bond acceptors (Lipinski definition) is 7. The Morgan fingerprint density at radius 1 is 1.12 bits per heavy atom. The van der Waals surface area contributed by atoms with Gasteiger partial charge < -0.3 is 15.4 Å². The van der Waals surface area contributed by atoms with E-state index in [9.17, 15) is 37.7 Å². The normalized spacial score (nSPS) is 11.1. The second kappa shape index (κ2) is 10.4. The summed E-state index contributed by atoms with van der Waals surface area (Å²) in [4.78, 5) is 45.4. The number of rotatable bonds is 8. The van der Waals surface area contributed by atoms with E-state index in [0.717, 1.165) is 6.07 Å². The Kier molecular flexibility index (Phi) is 7.91. The smallest absolute Gasteiger partial charge is 0.452 e. The minimum atomic E-state index is -5.04. The van der Waals surface area contributed by atoms with Crippen LogP contribution in [0.3, 0.4) is 0 Å². The zero-order valence-corrected chi connectivity index (χ0v) is 16.6. The van der Waals surface area contributed by atoms with Gasteiger partial charge in [0.2, 0.25) is 0 Å². The molecule has 0 aliphatic rings. The van der Waals surface area contributed by atoms with Gasteiger partial charge >= 0.3 is 12.1 Å². The van der Waals surface area contributed by atoms with Gasteiger partial charge in [0.05, 0.1) is 16.2 Å². The number of anilines is 2. The number of halogens is 4. The number of benzene rings is 2. The number of carbonyl (C=O) groups is 3. The molecule has 0 saturated heterocycles. The van der Waals surface area contributed by atoms with E-state index in [1.807, 2.05) is 0 Å². The van der Waals surface area contributed by atoms with Gasteiger partial charge in [-0.2, -0.15) is 13.2 Å². The van der Waals surface area contributed by atoms with Crippen LogP contribution in [0, 0.1) is 10.1 Å². The largest absolute Gasteiger partial charge is 0.454 e. The van der Waals surface area contributed by atoms with Gasteiger partial charge in [0.15, 0.2) is 6.61 Å². The Morgan fingerprint density at radius 3 is 2.47 bits per heavy atom. The third-order valence-corrected chi connectivity index (χ3v) is 3.90. The summed E-state index contributed by atoms with van der Waals surface area (Å²) >= 11 is 5.69. The van der Waals surface area contributed by atoms with Gasteiger partial charge in [0, 0.05) is 23.4 Å². The number of ketones is 1. The molecule has 2 aromatic carbocycles. The van der Waals surface area contributed by atoms with Crippen LogP contribution >= 0.6 is 11.6 Å². The van der Waals surface area contributed by atoms with E-state index in [1.165, 1.54) is 36.4 Å². The first-order chi connectivity index (χ1) is 15.0. The van der Waals surface area contributed by atoms with Crippen LogP contribution in [-0.2, 0) is 14.3 Å². The number of alkyl halides is 3. The second-order valence-corrected chi connectivity index (χ2v) is 6.36. The molecule has 0 radical (unpaired) electrons. The van der Waals surface area contributed by atoms with Crippen LogP contribution in [0.25, 0.3) is 0 Å². The van der Waals surface area contributed by atoms with E-state index in [1.54, 1.807) is 0 Å². The van der Waals surface area contributed by atoms with Crippen molar-refractivity contribution in [1.82, 2.24) is 0 Å². The molecule has 0 unspecified atom stereocenters. The predicted molar refractivity (Wildman–Crippen MR) is 107 cm³/mol. The maximum atomic E-state index is 12.3. The summed E-state index contributed by atoms with van der Waals surface area (Å²) in [6.45, 7) is -0.810. The molecule has 0 fully saturated rings. The summed E-state index contributed by atoms with van der Waals surface area (Å²) in [5.41, 5.74) is -0.756. The van der Waals surface area contributed by atoms with Crippen molar-refractivity contribution in [2.75, 3.05) is 17.2 Å². The number of nitrogens with one attached hydrogen (secondary N) is 2. The van der Waals surface area contributed by atoms with Crippen molar-refractivity contribution in [3.63, 3.8) is 0 Å². The molecule has 0 aromatic heterocycles. The van der Waals surface area contributed by atoms with Crippen molar-refractivity contribution in [1.29, 1.82) is 0 Å². The number of hydrogen-bond donors (Lipinski definition) is 2. The first kappa shape index (κ1) is 24.3. The quantitative estimate of drug-likeness (QED) is 0.257. The van der Waals surface area contributed by atoms with E-state index in [0.29, 0.717) is 6.20 Å². The van der Waals surface area contributed by atoms with Crippen molar-refractivity contribution in [3.05, 3.63) is 75.4 Å². The zero-order chi connectivity index (χ0) is 23.9. The van der Waals surface area contributed by atoms with Crippen molar-refractivity contribution in [2.45, 2.75) is 6.18 Å². The van der Waals surface area contributed by atoms with Crippen molar-refractivity contribution in [2.24, 2.45) is 0 Å².